The summed E-state index contributed by atoms with van der Waals surface area (Å²) in [7, 11) is 0. The van der Waals surface area contributed by atoms with E-state index in [9.17, 15) is 24.0 Å². The van der Waals surface area contributed by atoms with E-state index in [0.29, 0.717) is 5.02 Å². The average molecular weight is 581 g/mol. The van der Waals surface area contributed by atoms with Gasteiger partial charge in [-0.2, -0.15) is 5.01 Å². The van der Waals surface area contributed by atoms with Gasteiger partial charge in [-0.25, -0.2) is 9.80 Å². The third-order valence-corrected chi connectivity index (χ3v) is 8.49. The fourth-order valence-corrected chi connectivity index (χ4v) is 6.64. The minimum Gasteiger partial charge on any atom is -0.457 e. The molecule has 2 saturated carbocycles. The van der Waals surface area contributed by atoms with Crippen LogP contribution in [0.3, 0.4) is 0 Å². The topological polar surface area (TPSA) is 114 Å². The number of amides is 3. The number of fused-ring (bicyclic) bond motifs is 5. The fraction of sp³-hybridized carbons (Fsp3) is 0.276. The number of benzene rings is 2. The van der Waals surface area contributed by atoms with Gasteiger partial charge in [-0.3, -0.25) is 19.2 Å². The first-order valence-electron chi connectivity index (χ1n) is 12.8. The largest absolute Gasteiger partial charge is 0.457 e. The van der Waals surface area contributed by atoms with E-state index in [1.807, 2.05) is 0 Å². The molecule has 3 aliphatic rings. The van der Waals surface area contributed by atoms with Crippen LogP contribution in [0.4, 0.5) is 0 Å². The van der Waals surface area contributed by atoms with E-state index in [1.165, 1.54) is 54.8 Å². The first-order chi connectivity index (χ1) is 19.2. The molecule has 9 nitrogen and oxygen atoms in total. The summed E-state index contributed by atoms with van der Waals surface area (Å²) < 4.78 is 10.3. The predicted octanol–water partition coefficient (Wildman–Crippen LogP) is 5.08. The molecule has 2 aliphatic carbocycles. The summed E-state index contributed by atoms with van der Waals surface area (Å²) in [6.07, 6.45) is 3.90. The van der Waals surface area contributed by atoms with E-state index >= 15 is 0 Å². The van der Waals surface area contributed by atoms with Gasteiger partial charge in [-0.15, -0.1) is 0 Å². The Balaban J connectivity index is 1.27. The van der Waals surface area contributed by atoms with Crippen molar-refractivity contribution in [3.05, 3.63) is 87.8 Å². The van der Waals surface area contributed by atoms with Crippen molar-refractivity contribution < 1.29 is 33.1 Å². The Bertz CT molecular complexity index is 1510. The second kappa shape index (κ2) is 10.2. The number of imide groups is 1. The molecule has 3 fully saturated rings. The lowest BCUT2D eigenvalue weighted by molar-refractivity contribution is -0.155. The standard InChI is InChI=1S/C29H22Cl2N2O7/c30-18-7-10-20(21(31)13-18)26(35)32(33-27(36)24-16-3-4-17(12-16)25(24)28(33)37)14-22(34)15-5-8-19(9-6-15)40-29(38)23-2-1-11-39-23/h1-2,5-11,13,16-17,24-25H,3-4,12,14H2/t16-,17-,24+,25+/m0/s1. The van der Waals surface area contributed by atoms with Gasteiger partial charge in [0.25, 0.3) is 17.7 Å². The number of esters is 1. The molecule has 1 aromatic heterocycles. The van der Waals surface area contributed by atoms with E-state index < -0.39 is 47.9 Å². The molecule has 11 heteroatoms. The number of hydrogen-bond acceptors (Lipinski definition) is 7. The smallest absolute Gasteiger partial charge is 0.379 e. The van der Waals surface area contributed by atoms with Crippen LogP contribution in [0, 0.1) is 23.7 Å². The minimum atomic E-state index is -0.770. The maximum absolute atomic E-state index is 13.7. The lowest BCUT2D eigenvalue weighted by Gasteiger charge is -2.31. The molecule has 40 heavy (non-hydrogen) atoms. The summed E-state index contributed by atoms with van der Waals surface area (Å²) in [5.74, 6) is -3.52. The Hall–Kier alpha value is -3.95. The van der Waals surface area contributed by atoms with Crippen molar-refractivity contribution in [1.29, 1.82) is 0 Å². The number of furan rings is 1. The number of hydrogen-bond donors (Lipinski definition) is 0. The summed E-state index contributed by atoms with van der Waals surface area (Å²) in [5.41, 5.74) is 0.178. The molecule has 0 spiro atoms. The summed E-state index contributed by atoms with van der Waals surface area (Å²) >= 11 is 12.3. The van der Waals surface area contributed by atoms with Gasteiger partial charge in [-0.1, -0.05) is 23.2 Å². The van der Waals surface area contributed by atoms with Gasteiger partial charge < -0.3 is 9.15 Å². The SMILES string of the molecule is O=C(CN(C(=O)c1ccc(Cl)cc1Cl)N1C(=O)[C@@H]2[C@H]3CC[C@@H](C3)[C@H]2C1=O)c1ccc(OC(=O)c2ccco2)cc1. The number of halogens is 2. The van der Waals surface area contributed by atoms with Gasteiger partial charge in [0.2, 0.25) is 5.76 Å². The Morgan fingerprint density at radius 3 is 2.23 bits per heavy atom. The summed E-state index contributed by atoms with van der Waals surface area (Å²) in [6, 6.07) is 12.9. The monoisotopic (exact) mass is 580 g/mol. The Morgan fingerprint density at radius 2 is 1.62 bits per heavy atom. The maximum atomic E-state index is 13.7. The zero-order valence-electron chi connectivity index (χ0n) is 20.9. The van der Waals surface area contributed by atoms with Crippen molar-refractivity contribution in [2.24, 2.45) is 23.7 Å². The molecule has 0 N–H and O–H groups in total. The molecule has 4 atom stereocenters. The molecule has 0 unspecified atom stereocenters. The average Bonchev–Trinajstić information content (AvgIpc) is 3.73. The highest BCUT2D eigenvalue weighted by Crippen LogP contribution is 2.56. The van der Waals surface area contributed by atoms with Gasteiger partial charge >= 0.3 is 5.97 Å². The molecule has 6 rings (SSSR count). The van der Waals surface area contributed by atoms with Crippen LogP contribution in [0.25, 0.3) is 0 Å². The Labute approximate surface area is 238 Å². The van der Waals surface area contributed by atoms with E-state index in [1.54, 1.807) is 6.07 Å². The van der Waals surface area contributed by atoms with Gasteiger partial charge in [-0.05, 0) is 85.7 Å². The zero-order chi connectivity index (χ0) is 28.1. The summed E-state index contributed by atoms with van der Waals surface area (Å²) in [4.78, 5) is 66.4. The molecular weight excluding hydrogens is 559 g/mol. The van der Waals surface area contributed by atoms with Crippen LogP contribution in [0.5, 0.6) is 5.75 Å². The number of carbonyl (C=O) groups excluding carboxylic acids is 5. The van der Waals surface area contributed by atoms with Crippen LogP contribution in [-0.2, 0) is 9.59 Å². The van der Waals surface area contributed by atoms with Crippen LogP contribution in [-0.4, -0.2) is 46.0 Å². The molecular formula is C29H22Cl2N2O7. The lowest BCUT2D eigenvalue weighted by Crippen LogP contribution is -2.52. The highest BCUT2D eigenvalue weighted by Gasteiger charge is 2.62. The number of nitrogens with zero attached hydrogens (tertiary/aromatic N) is 2. The molecule has 204 valence electrons. The van der Waals surface area contributed by atoms with E-state index in [-0.39, 0.29) is 39.5 Å². The number of ether oxygens (including phenoxy) is 1. The Morgan fingerprint density at radius 1 is 0.950 bits per heavy atom. The zero-order valence-corrected chi connectivity index (χ0v) is 22.4. The number of ketones is 1. The van der Waals surface area contributed by atoms with Crippen molar-refractivity contribution in [2.45, 2.75) is 19.3 Å². The summed E-state index contributed by atoms with van der Waals surface area (Å²) in [5, 5.41) is 2.07. The van der Waals surface area contributed by atoms with E-state index in [4.69, 9.17) is 32.4 Å². The lowest BCUT2D eigenvalue weighted by atomic mass is 9.81. The molecule has 1 aliphatic heterocycles. The third-order valence-electron chi connectivity index (χ3n) is 7.94. The second-order valence-electron chi connectivity index (χ2n) is 10.2. The van der Waals surface area contributed by atoms with Gasteiger partial charge in [0.05, 0.1) is 28.7 Å². The predicted molar refractivity (Wildman–Crippen MR) is 142 cm³/mol. The number of hydrazine groups is 1. The van der Waals surface area contributed by atoms with Crippen LogP contribution < -0.4 is 4.74 Å². The third kappa shape index (κ3) is 4.49. The molecule has 2 bridgehead atoms. The van der Waals surface area contributed by atoms with Gasteiger partial charge in [0, 0.05) is 10.6 Å². The molecule has 2 heterocycles. The van der Waals surface area contributed by atoms with E-state index in [0.717, 1.165) is 29.3 Å². The van der Waals surface area contributed by atoms with Crippen molar-refractivity contribution in [3.8, 4) is 5.75 Å². The highest BCUT2D eigenvalue weighted by atomic mass is 35.5. The summed E-state index contributed by atoms with van der Waals surface area (Å²) in [6.45, 7) is -0.588. The Kier molecular flexibility index (Phi) is 6.72. The number of Topliss-reactive ketones (excluding diaryl/α,β-unsaturated/α-hetero) is 1. The first-order valence-corrected chi connectivity index (χ1v) is 13.5. The van der Waals surface area contributed by atoms with E-state index in [2.05, 4.69) is 0 Å². The maximum Gasteiger partial charge on any atom is 0.379 e. The first kappa shape index (κ1) is 26.3. The van der Waals surface area contributed by atoms with Crippen molar-refractivity contribution in [1.82, 2.24) is 10.0 Å². The molecule has 0 radical (unpaired) electrons. The van der Waals surface area contributed by atoms with Crippen LogP contribution >= 0.6 is 23.2 Å². The number of carbonyl (C=O) groups is 5. The van der Waals surface area contributed by atoms with Crippen LogP contribution in [0.15, 0.2) is 65.3 Å². The van der Waals surface area contributed by atoms with Gasteiger partial charge in [0.15, 0.2) is 5.78 Å². The van der Waals surface area contributed by atoms with Crippen molar-refractivity contribution >= 4 is 52.7 Å². The van der Waals surface area contributed by atoms with Crippen molar-refractivity contribution in [3.63, 3.8) is 0 Å². The van der Waals surface area contributed by atoms with Crippen LogP contribution in [0.2, 0.25) is 10.0 Å². The molecule has 1 saturated heterocycles. The normalized spacial score (nSPS) is 22.9. The highest BCUT2D eigenvalue weighted by molar-refractivity contribution is 6.36. The van der Waals surface area contributed by atoms with Gasteiger partial charge in [0.1, 0.15) is 12.3 Å². The molecule has 3 amide bonds. The van der Waals surface area contributed by atoms with Crippen LogP contribution in [0.1, 0.15) is 50.5 Å². The van der Waals surface area contributed by atoms with Crippen molar-refractivity contribution in [2.75, 3.05) is 6.54 Å². The quantitative estimate of drug-likeness (QED) is 0.166. The molecule has 3 aromatic rings. The fourth-order valence-electron chi connectivity index (χ4n) is 6.15. The number of rotatable bonds is 7. The second-order valence-corrected chi connectivity index (χ2v) is 11.0. The minimum absolute atomic E-state index is 0.000292. The molecule has 2 aromatic carbocycles.